The second-order valence-corrected chi connectivity index (χ2v) is 3.44. The van der Waals surface area contributed by atoms with Gasteiger partial charge in [-0.1, -0.05) is 61.3 Å². The van der Waals surface area contributed by atoms with Gasteiger partial charge in [0.2, 0.25) is 0 Å². The first-order valence-electron chi connectivity index (χ1n) is 5.06. The lowest BCUT2D eigenvalue weighted by molar-refractivity contribution is -0.104. The molecule has 0 aromatic carbocycles. The van der Waals surface area contributed by atoms with Crippen LogP contribution < -0.4 is 0 Å². The topological polar surface area (TPSA) is 17.1 Å². The Balaban J connectivity index is 4.35. The molecular formula is C15H18O. The van der Waals surface area contributed by atoms with Gasteiger partial charge in [-0.15, -0.1) is 0 Å². The Bertz CT molecular complexity index is 376. The molecular weight excluding hydrogens is 196 g/mol. The summed E-state index contributed by atoms with van der Waals surface area (Å²) in [7, 11) is 0. The lowest BCUT2D eigenvalue weighted by Gasteiger charge is -1.88. The minimum absolute atomic E-state index is 0.708. The van der Waals surface area contributed by atoms with Gasteiger partial charge < -0.3 is 0 Å². The largest absolute Gasteiger partial charge is 0.298 e. The van der Waals surface area contributed by atoms with Gasteiger partial charge in [0.25, 0.3) is 0 Å². The van der Waals surface area contributed by atoms with E-state index in [1.54, 1.807) is 19.1 Å². The van der Waals surface area contributed by atoms with Crippen LogP contribution >= 0.6 is 0 Å². The van der Waals surface area contributed by atoms with Crippen LogP contribution in [0.5, 0.6) is 0 Å². The minimum Gasteiger partial charge on any atom is -0.298 e. The van der Waals surface area contributed by atoms with Crippen molar-refractivity contribution in [3.8, 4) is 0 Å². The first-order valence-corrected chi connectivity index (χ1v) is 5.06. The lowest BCUT2D eigenvalue weighted by Crippen LogP contribution is -1.73. The fourth-order valence-corrected chi connectivity index (χ4v) is 0.838. The van der Waals surface area contributed by atoms with Crippen LogP contribution in [0.4, 0.5) is 0 Å². The molecule has 0 aliphatic carbocycles. The summed E-state index contributed by atoms with van der Waals surface area (Å²) < 4.78 is 0. The molecule has 0 bridgehead atoms. The predicted molar refractivity (Wildman–Crippen MR) is 71.2 cm³/mol. The van der Waals surface area contributed by atoms with E-state index in [-0.39, 0.29) is 0 Å². The molecule has 16 heavy (non-hydrogen) atoms. The maximum Gasteiger partial charge on any atom is 0.145 e. The molecule has 0 unspecified atom stereocenters. The van der Waals surface area contributed by atoms with E-state index in [1.807, 2.05) is 37.3 Å². The van der Waals surface area contributed by atoms with Crippen LogP contribution in [0, 0.1) is 0 Å². The summed E-state index contributed by atoms with van der Waals surface area (Å²) in [5.41, 5.74) is 2.69. The summed E-state index contributed by atoms with van der Waals surface area (Å²) in [4.78, 5) is 10.3. The first-order chi connectivity index (χ1) is 7.60. The molecule has 0 spiro atoms. The first kappa shape index (κ1) is 14.1. The highest BCUT2D eigenvalue weighted by Crippen LogP contribution is 1.99. The standard InChI is InChI=1S/C15H18O/c1-5-13(2)8-6-9-14(3)10-7-11-15(4)12-16/h5-12H,1-2H2,3-4H3/b8-6+,10-7+,14-9+,15-11+. The fraction of sp³-hybridized carbons (Fsp3) is 0.133. The number of aldehydes is 1. The summed E-state index contributed by atoms with van der Waals surface area (Å²) >= 11 is 0. The smallest absolute Gasteiger partial charge is 0.145 e. The third-order valence-corrected chi connectivity index (χ3v) is 1.84. The van der Waals surface area contributed by atoms with E-state index in [0.717, 1.165) is 17.4 Å². The zero-order chi connectivity index (χ0) is 12.4. The zero-order valence-electron chi connectivity index (χ0n) is 9.94. The van der Waals surface area contributed by atoms with Gasteiger partial charge in [0, 0.05) is 0 Å². The van der Waals surface area contributed by atoms with Gasteiger partial charge in [0.05, 0.1) is 0 Å². The minimum atomic E-state index is 0.708. The molecule has 0 aromatic heterocycles. The normalized spacial score (nSPS) is 13.4. The second kappa shape index (κ2) is 8.42. The van der Waals surface area contributed by atoms with E-state index in [9.17, 15) is 4.79 Å². The highest BCUT2D eigenvalue weighted by molar-refractivity contribution is 5.72. The Morgan fingerprint density at radius 2 is 1.56 bits per heavy atom. The molecule has 0 heterocycles. The van der Waals surface area contributed by atoms with Gasteiger partial charge in [-0.25, -0.2) is 0 Å². The van der Waals surface area contributed by atoms with Crippen LogP contribution in [0.2, 0.25) is 0 Å². The quantitative estimate of drug-likeness (QED) is 0.372. The van der Waals surface area contributed by atoms with E-state index in [2.05, 4.69) is 13.2 Å². The van der Waals surface area contributed by atoms with Crippen molar-refractivity contribution in [2.75, 3.05) is 0 Å². The monoisotopic (exact) mass is 214 g/mol. The summed E-state index contributed by atoms with van der Waals surface area (Å²) in [6, 6.07) is 0. The average Bonchev–Trinajstić information content (AvgIpc) is 2.28. The number of allylic oxidation sites excluding steroid dienone is 10. The van der Waals surface area contributed by atoms with Gasteiger partial charge in [0.15, 0.2) is 0 Å². The lowest BCUT2D eigenvalue weighted by atomic mass is 10.2. The van der Waals surface area contributed by atoms with Crippen LogP contribution in [0.1, 0.15) is 13.8 Å². The van der Waals surface area contributed by atoms with E-state index in [1.165, 1.54) is 0 Å². The van der Waals surface area contributed by atoms with Crippen LogP contribution in [-0.2, 0) is 4.79 Å². The highest BCUT2D eigenvalue weighted by Gasteiger charge is 1.81. The SMILES string of the molecule is C=CC(=C)/C=C/C=C(C)/C=C/C=C(\C)C=O. The van der Waals surface area contributed by atoms with Crippen molar-refractivity contribution in [1.82, 2.24) is 0 Å². The summed E-state index contributed by atoms with van der Waals surface area (Å²) in [5, 5.41) is 0. The van der Waals surface area contributed by atoms with Crippen molar-refractivity contribution in [3.05, 3.63) is 72.4 Å². The molecule has 0 radical (unpaired) electrons. The molecule has 0 aliphatic heterocycles. The summed E-state index contributed by atoms with van der Waals surface area (Å²) in [6.45, 7) is 11.1. The molecule has 0 fully saturated rings. The molecule has 0 aromatic rings. The molecule has 84 valence electrons. The average molecular weight is 214 g/mol. The molecule has 0 N–H and O–H groups in total. The van der Waals surface area contributed by atoms with Crippen molar-refractivity contribution < 1.29 is 4.79 Å². The molecule has 0 amide bonds. The van der Waals surface area contributed by atoms with Crippen molar-refractivity contribution in [1.29, 1.82) is 0 Å². The van der Waals surface area contributed by atoms with E-state index in [4.69, 9.17) is 0 Å². The predicted octanol–water partition coefficient (Wildman–Crippen LogP) is 3.93. The molecule has 1 heteroatoms. The zero-order valence-corrected chi connectivity index (χ0v) is 9.94. The molecule has 0 atom stereocenters. The van der Waals surface area contributed by atoms with Crippen molar-refractivity contribution in [2.24, 2.45) is 0 Å². The number of rotatable bonds is 6. The highest BCUT2D eigenvalue weighted by atomic mass is 16.1. The maximum absolute atomic E-state index is 10.3. The molecule has 1 nitrogen and oxygen atoms in total. The Kier molecular flexibility index (Phi) is 7.43. The van der Waals surface area contributed by atoms with Gasteiger partial charge >= 0.3 is 0 Å². The Morgan fingerprint density at radius 3 is 2.12 bits per heavy atom. The maximum atomic E-state index is 10.3. The number of hydrogen-bond acceptors (Lipinski definition) is 1. The van der Waals surface area contributed by atoms with E-state index in [0.29, 0.717) is 5.57 Å². The van der Waals surface area contributed by atoms with Crippen LogP contribution in [-0.4, -0.2) is 6.29 Å². The fourth-order valence-electron chi connectivity index (χ4n) is 0.838. The van der Waals surface area contributed by atoms with Crippen LogP contribution in [0.15, 0.2) is 72.4 Å². The number of carbonyl (C=O) groups excluding carboxylic acids is 1. The van der Waals surface area contributed by atoms with Crippen molar-refractivity contribution in [2.45, 2.75) is 13.8 Å². The van der Waals surface area contributed by atoms with E-state index >= 15 is 0 Å². The second-order valence-electron chi connectivity index (χ2n) is 3.44. The van der Waals surface area contributed by atoms with Crippen molar-refractivity contribution in [3.63, 3.8) is 0 Å². The number of carbonyl (C=O) groups is 1. The van der Waals surface area contributed by atoms with Gasteiger partial charge in [-0.3, -0.25) is 4.79 Å². The van der Waals surface area contributed by atoms with Crippen LogP contribution in [0.25, 0.3) is 0 Å². The third kappa shape index (κ3) is 7.51. The Hall–Kier alpha value is -1.89. The van der Waals surface area contributed by atoms with Gasteiger partial charge in [0.1, 0.15) is 6.29 Å². The Morgan fingerprint density at radius 1 is 1.00 bits per heavy atom. The molecule has 0 rings (SSSR count). The summed E-state index contributed by atoms with van der Waals surface area (Å²) in [5.74, 6) is 0. The Labute approximate surface area is 97.9 Å². The van der Waals surface area contributed by atoms with Gasteiger partial charge in [-0.2, -0.15) is 0 Å². The van der Waals surface area contributed by atoms with Crippen molar-refractivity contribution >= 4 is 6.29 Å². The van der Waals surface area contributed by atoms with Gasteiger partial charge in [-0.05, 0) is 25.0 Å². The molecule has 0 saturated carbocycles. The summed E-state index contributed by atoms with van der Waals surface area (Å²) in [6.07, 6.45) is 13.9. The number of hydrogen-bond donors (Lipinski definition) is 0. The molecule has 0 aliphatic rings. The molecule has 0 saturated heterocycles. The third-order valence-electron chi connectivity index (χ3n) is 1.84. The van der Waals surface area contributed by atoms with Crippen LogP contribution in [0.3, 0.4) is 0 Å². The van der Waals surface area contributed by atoms with E-state index < -0.39 is 0 Å².